The molecular weight excluding hydrogens is 274 g/mol. The van der Waals surface area contributed by atoms with Gasteiger partial charge in [0, 0.05) is 11.3 Å². The molecule has 7 nitrogen and oxygen atoms in total. The van der Waals surface area contributed by atoms with Crippen LogP contribution in [-0.4, -0.2) is 37.2 Å². The first-order valence-corrected chi connectivity index (χ1v) is 7.91. The predicted molar refractivity (Wildman–Crippen MR) is 82.7 cm³/mol. The maximum Gasteiger partial charge on any atom is 0.241 e. The van der Waals surface area contributed by atoms with Crippen LogP contribution in [-0.2, 0) is 0 Å². The molecule has 2 heterocycles. The van der Waals surface area contributed by atoms with Crippen molar-refractivity contribution in [2.24, 2.45) is 5.84 Å². The molecule has 108 valence electrons. The van der Waals surface area contributed by atoms with E-state index in [9.17, 15) is 0 Å². The van der Waals surface area contributed by atoms with Crippen molar-refractivity contribution >= 4 is 34.6 Å². The molecule has 1 aliphatic rings. The van der Waals surface area contributed by atoms with Gasteiger partial charge in [0.2, 0.25) is 5.95 Å². The molecule has 8 heteroatoms. The quantitative estimate of drug-likeness (QED) is 0.491. The van der Waals surface area contributed by atoms with Gasteiger partial charge in [-0.05, 0) is 25.0 Å². The van der Waals surface area contributed by atoms with Gasteiger partial charge in [0.1, 0.15) is 5.82 Å². The van der Waals surface area contributed by atoms with E-state index in [0.29, 0.717) is 17.6 Å². The lowest BCUT2D eigenvalue weighted by Crippen LogP contribution is -2.18. The summed E-state index contributed by atoms with van der Waals surface area (Å²) >= 11 is 2.04. The highest BCUT2D eigenvalue weighted by Crippen LogP contribution is 2.32. The van der Waals surface area contributed by atoms with E-state index in [-0.39, 0.29) is 0 Å². The third kappa shape index (κ3) is 2.66. The Balaban J connectivity index is 1.78. The number of nitrogens with one attached hydrogen (secondary N) is 3. The van der Waals surface area contributed by atoms with Gasteiger partial charge in [-0.25, -0.2) is 5.84 Å². The number of hydrogen-bond donors (Lipinski definition) is 4. The van der Waals surface area contributed by atoms with E-state index in [1.165, 1.54) is 25.0 Å². The summed E-state index contributed by atoms with van der Waals surface area (Å²) in [7, 11) is 0. The molecule has 0 spiro atoms. The summed E-state index contributed by atoms with van der Waals surface area (Å²) in [5.41, 5.74) is 3.18. The summed E-state index contributed by atoms with van der Waals surface area (Å²) in [6, 6.07) is 0.456. The molecule has 0 saturated heterocycles. The second-order valence-corrected chi connectivity index (χ2v) is 6.48. The first-order chi connectivity index (χ1) is 9.80. The summed E-state index contributed by atoms with van der Waals surface area (Å²) in [6.45, 7) is 2.21. The van der Waals surface area contributed by atoms with Crippen molar-refractivity contribution in [2.75, 3.05) is 16.5 Å². The topological polar surface area (TPSA) is 105 Å². The third-order valence-corrected chi connectivity index (χ3v) is 4.80. The molecule has 0 aromatic carbocycles. The zero-order chi connectivity index (χ0) is 13.9. The van der Waals surface area contributed by atoms with Crippen molar-refractivity contribution in [1.29, 1.82) is 0 Å². The monoisotopic (exact) mass is 293 g/mol. The number of fused-ring (bicyclic) bond motifs is 1. The number of hydrogen-bond acceptors (Lipinski definition) is 7. The van der Waals surface area contributed by atoms with Gasteiger partial charge in [-0.15, -0.1) is 0 Å². The van der Waals surface area contributed by atoms with Gasteiger partial charge >= 0.3 is 0 Å². The first-order valence-electron chi connectivity index (χ1n) is 6.86. The minimum atomic E-state index is 0.390. The normalized spacial score (nSPS) is 22.3. The van der Waals surface area contributed by atoms with Gasteiger partial charge in [0.05, 0.1) is 11.6 Å². The summed E-state index contributed by atoms with van der Waals surface area (Å²) in [6.07, 6.45) is 5.35. The fourth-order valence-electron chi connectivity index (χ4n) is 2.66. The third-order valence-electron chi connectivity index (χ3n) is 3.57. The number of aromatic nitrogens is 4. The smallest absolute Gasteiger partial charge is 0.241 e. The van der Waals surface area contributed by atoms with Gasteiger partial charge in [-0.2, -0.15) is 26.8 Å². The van der Waals surface area contributed by atoms with Gasteiger partial charge in [0.15, 0.2) is 5.65 Å². The Morgan fingerprint density at radius 2 is 2.35 bits per heavy atom. The Hall–Kier alpha value is -1.54. The van der Waals surface area contributed by atoms with E-state index >= 15 is 0 Å². The molecule has 20 heavy (non-hydrogen) atoms. The molecule has 0 bridgehead atoms. The lowest BCUT2D eigenvalue weighted by molar-refractivity contribution is 0.753. The highest BCUT2D eigenvalue weighted by Gasteiger charge is 2.25. The number of aromatic amines is 1. The Morgan fingerprint density at radius 3 is 3.15 bits per heavy atom. The molecule has 1 saturated carbocycles. The molecule has 2 aromatic rings. The van der Waals surface area contributed by atoms with Gasteiger partial charge < -0.3 is 5.32 Å². The van der Waals surface area contributed by atoms with Crippen molar-refractivity contribution in [3.8, 4) is 0 Å². The summed E-state index contributed by atoms with van der Waals surface area (Å²) in [5.74, 6) is 7.77. The average molecular weight is 293 g/mol. The number of nitrogens with zero attached hydrogens (tertiary/aromatic N) is 3. The van der Waals surface area contributed by atoms with Crippen molar-refractivity contribution in [1.82, 2.24) is 20.2 Å². The van der Waals surface area contributed by atoms with Crippen LogP contribution in [0, 0.1) is 0 Å². The molecule has 3 rings (SSSR count). The van der Waals surface area contributed by atoms with Crippen LogP contribution in [0.1, 0.15) is 26.2 Å². The second-order valence-electron chi connectivity index (χ2n) is 4.90. The van der Waals surface area contributed by atoms with Crippen LogP contribution in [0.3, 0.4) is 0 Å². The molecule has 0 radical (unpaired) electrons. The van der Waals surface area contributed by atoms with Crippen LogP contribution in [0.4, 0.5) is 11.8 Å². The van der Waals surface area contributed by atoms with E-state index in [1.54, 1.807) is 6.20 Å². The Kier molecular flexibility index (Phi) is 3.93. The SMILES string of the molecule is CCSC1CCC(Nc2nc(NN)nc3[nH]ncc23)C1. The molecule has 1 aliphatic carbocycles. The highest BCUT2D eigenvalue weighted by atomic mass is 32.2. The molecule has 2 aromatic heterocycles. The fraction of sp³-hybridized carbons (Fsp3) is 0.583. The highest BCUT2D eigenvalue weighted by molar-refractivity contribution is 7.99. The van der Waals surface area contributed by atoms with E-state index < -0.39 is 0 Å². The van der Waals surface area contributed by atoms with E-state index in [0.717, 1.165) is 16.5 Å². The van der Waals surface area contributed by atoms with E-state index in [4.69, 9.17) is 5.84 Å². The minimum absolute atomic E-state index is 0.390. The molecule has 5 N–H and O–H groups in total. The van der Waals surface area contributed by atoms with Crippen molar-refractivity contribution in [3.63, 3.8) is 0 Å². The minimum Gasteiger partial charge on any atom is -0.367 e. The number of thioether (sulfide) groups is 1. The molecule has 2 unspecified atom stereocenters. The van der Waals surface area contributed by atoms with Crippen molar-refractivity contribution in [3.05, 3.63) is 6.20 Å². The number of rotatable bonds is 5. The molecule has 0 aliphatic heterocycles. The zero-order valence-corrected chi connectivity index (χ0v) is 12.2. The van der Waals surface area contributed by atoms with Gasteiger partial charge in [0.25, 0.3) is 0 Å². The maximum absolute atomic E-state index is 5.41. The Morgan fingerprint density at radius 1 is 1.45 bits per heavy atom. The van der Waals surface area contributed by atoms with Crippen LogP contribution in [0.15, 0.2) is 6.20 Å². The fourth-order valence-corrected chi connectivity index (χ4v) is 3.80. The lowest BCUT2D eigenvalue weighted by atomic mass is 10.2. The van der Waals surface area contributed by atoms with Crippen molar-refractivity contribution in [2.45, 2.75) is 37.5 Å². The van der Waals surface area contributed by atoms with Gasteiger partial charge in [-0.1, -0.05) is 6.92 Å². The summed E-state index contributed by atoms with van der Waals surface area (Å²) < 4.78 is 0. The van der Waals surface area contributed by atoms with Crippen LogP contribution >= 0.6 is 11.8 Å². The summed E-state index contributed by atoms with van der Waals surface area (Å²) in [4.78, 5) is 8.62. The number of hydrazine groups is 1. The first kappa shape index (κ1) is 13.4. The zero-order valence-electron chi connectivity index (χ0n) is 11.4. The summed E-state index contributed by atoms with van der Waals surface area (Å²) in [5, 5.41) is 12.0. The predicted octanol–water partition coefficient (Wildman–Crippen LogP) is 1.72. The lowest BCUT2D eigenvalue weighted by Gasteiger charge is -2.14. The molecular formula is C12H19N7S. The van der Waals surface area contributed by atoms with Gasteiger partial charge in [-0.3, -0.25) is 10.5 Å². The maximum atomic E-state index is 5.41. The molecule has 0 amide bonds. The van der Waals surface area contributed by atoms with Crippen LogP contribution in [0.2, 0.25) is 0 Å². The number of nitrogen functional groups attached to an aromatic ring is 1. The molecule has 2 atom stereocenters. The standard InChI is InChI=1S/C12H19N7S/c1-2-20-8-4-3-7(5-8)15-10-9-6-14-19-11(9)17-12(16-10)18-13/h6-8H,2-5,13H2,1H3,(H3,14,15,16,17,18,19). The number of H-pyrrole nitrogens is 1. The Bertz CT molecular complexity index is 584. The second kappa shape index (κ2) is 5.84. The van der Waals surface area contributed by atoms with E-state index in [2.05, 4.69) is 37.8 Å². The number of nitrogens with two attached hydrogens (primary N) is 1. The van der Waals surface area contributed by atoms with Crippen LogP contribution in [0.25, 0.3) is 11.0 Å². The number of anilines is 2. The largest absolute Gasteiger partial charge is 0.367 e. The van der Waals surface area contributed by atoms with Crippen molar-refractivity contribution < 1.29 is 0 Å². The average Bonchev–Trinajstić information content (AvgIpc) is 3.08. The van der Waals surface area contributed by atoms with E-state index in [1.807, 2.05) is 11.8 Å². The van der Waals surface area contributed by atoms with Crippen LogP contribution < -0.4 is 16.6 Å². The van der Waals surface area contributed by atoms with Crippen LogP contribution in [0.5, 0.6) is 0 Å². The molecule has 1 fully saturated rings. The Labute approximate surface area is 121 Å².